The van der Waals surface area contributed by atoms with E-state index in [4.69, 9.17) is 5.73 Å². The summed E-state index contributed by atoms with van der Waals surface area (Å²) in [7, 11) is 0. The molecule has 96 valence electrons. The Kier molecular flexibility index (Phi) is 2.96. The van der Waals surface area contributed by atoms with E-state index in [0.29, 0.717) is 21.5 Å². The maximum atomic E-state index is 13.7. The van der Waals surface area contributed by atoms with Crippen molar-refractivity contribution in [2.75, 3.05) is 5.73 Å². The van der Waals surface area contributed by atoms with Gasteiger partial charge in [0.2, 0.25) is 5.95 Å². The first-order valence-electron chi connectivity index (χ1n) is 6.18. The van der Waals surface area contributed by atoms with E-state index < -0.39 is 0 Å². The van der Waals surface area contributed by atoms with Gasteiger partial charge in [-0.3, -0.25) is 0 Å². The smallest absolute Gasteiger partial charge is 0.201 e. The van der Waals surface area contributed by atoms with Crippen molar-refractivity contribution in [2.24, 2.45) is 5.92 Å². The van der Waals surface area contributed by atoms with Crippen LogP contribution in [0.4, 0.5) is 10.3 Å². The molecular weight excluding hydrogens is 344 g/mol. The van der Waals surface area contributed by atoms with Gasteiger partial charge in [0.1, 0.15) is 5.82 Å². The number of hydrogen-bond donors (Lipinski definition) is 1. The minimum absolute atomic E-state index is 0.199. The van der Waals surface area contributed by atoms with Gasteiger partial charge in [0, 0.05) is 12.1 Å². The lowest BCUT2D eigenvalue weighted by molar-refractivity contribution is 0.509. The highest BCUT2D eigenvalue weighted by atomic mass is 127. The molecule has 1 aliphatic rings. The molecule has 2 unspecified atom stereocenters. The number of nitrogen functional groups attached to an aromatic ring is 1. The Balaban J connectivity index is 2.16. The fraction of sp³-hybridized carbons (Fsp3) is 0.462. The molecule has 5 heteroatoms. The van der Waals surface area contributed by atoms with Crippen molar-refractivity contribution in [1.82, 2.24) is 9.55 Å². The van der Waals surface area contributed by atoms with E-state index in [1.165, 1.54) is 6.42 Å². The summed E-state index contributed by atoms with van der Waals surface area (Å²) in [5.41, 5.74) is 7.62. The average Bonchev–Trinajstić information content (AvgIpc) is 2.83. The Labute approximate surface area is 119 Å². The highest BCUT2D eigenvalue weighted by Crippen LogP contribution is 2.38. The summed E-state index contributed by atoms with van der Waals surface area (Å²) in [6.07, 6.45) is 3.41. The van der Waals surface area contributed by atoms with Crippen LogP contribution < -0.4 is 5.73 Å². The molecule has 0 aliphatic heterocycles. The minimum Gasteiger partial charge on any atom is -0.369 e. The SMILES string of the molecule is CC1CCC(n2c(N)nc3cc(I)c(F)cc32)C1. The van der Waals surface area contributed by atoms with Crippen molar-refractivity contribution in [2.45, 2.75) is 32.2 Å². The predicted octanol–water partition coefficient (Wildman–Crippen LogP) is 3.72. The number of nitrogens with two attached hydrogens (primary N) is 1. The molecular formula is C13H15FIN3. The third-order valence-electron chi connectivity index (χ3n) is 3.79. The Morgan fingerprint density at radius 2 is 2.22 bits per heavy atom. The molecule has 2 atom stereocenters. The maximum Gasteiger partial charge on any atom is 0.201 e. The van der Waals surface area contributed by atoms with Crippen molar-refractivity contribution in [3.63, 3.8) is 0 Å². The summed E-state index contributed by atoms with van der Waals surface area (Å²) in [5, 5.41) is 0. The number of nitrogens with zero attached hydrogens (tertiary/aromatic N) is 2. The molecule has 18 heavy (non-hydrogen) atoms. The van der Waals surface area contributed by atoms with Crippen LogP contribution >= 0.6 is 22.6 Å². The Hall–Kier alpha value is -0.850. The van der Waals surface area contributed by atoms with Gasteiger partial charge in [-0.15, -0.1) is 0 Å². The van der Waals surface area contributed by atoms with E-state index in [1.807, 2.05) is 27.2 Å². The van der Waals surface area contributed by atoms with Crippen molar-refractivity contribution < 1.29 is 4.39 Å². The molecule has 1 aromatic carbocycles. The van der Waals surface area contributed by atoms with E-state index in [0.717, 1.165) is 23.9 Å². The van der Waals surface area contributed by atoms with Crippen molar-refractivity contribution in [3.05, 3.63) is 21.5 Å². The van der Waals surface area contributed by atoms with E-state index in [2.05, 4.69) is 11.9 Å². The first kappa shape index (κ1) is 12.2. The van der Waals surface area contributed by atoms with Gasteiger partial charge in [-0.05, 0) is 53.8 Å². The minimum atomic E-state index is -0.199. The number of hydrogen-bond acceptors (Lipinski definition) is 2. The molecule has 0 spiro atoms. The number of halogens is 2. The number of imidazole rings is 1. The van der Waals surface area contributed by atoms with Crippen LogP contribution in [0.15, 0.2) is 12.1 Å². The molecule has 2 aromatic rings. The van der Waals surface area contributed by atoms with E-state index >= 15 is 0 Å². The Morgan fingerprint density at radius 1 is 1.44 bits per heavy atom. The highest BCUT2D eigenvalue weighted by molar-refractivity contribution is 14.1. The lowest BCUT2D eigenvalue weighted by Gasteiger charge is -2.14. The van der Waals surface area contributed by atoms with Gasteiger partial charge in [-0.25, -0.2) is 9.37 Å². The van der Waals surface area contributed by atoms with Gasteiger partial charge in [0.05, 0.1) is 14.6 Å². The van der Waals surface area contributed by atoms with Crippen LogP contribution in [0.25, 0.3) is 11.0 Å². The number of rotatable bonds is 1. The fourth-order valence-corrected chi connectivity index (χ4v) is 3.36. The summed E-state index contributed by atoms with van der Waals surface area (Å²) in [5.74, 6) is 1.02. The van der Waals surface area contributed by atoms with Crippen LogP contribution in [-0.2, 0) is 0 Å². The molecule has 0 bridgehead atoms. The summed E-state index contributed by atoms with van der Waals surface area (Å²) >= 11 is 1.98. The second kappa shape index (κ2) is 4.36. The zero-order valence-corrected chi connectivity index (χ0v) is 12.3. The normalized spacial score (nSPS) is 23.9. The fourth-order valence-electron chi connectivity index (χ4n) is 2.90. The zero-order chi connectivity index (χ0) is 12.9. The molecule has 3 nitrogen and oxygen atoms in total. The molecule has 1 fully saturated rings. The topological polar surface area (TPSA) is 43.8 Å². The summed E-state index contributed by atoms with van der Waals surface area (Å²) in [6, 6.07) is 3.68. The third kappa shape index (κ3) is 1.88. The summed E-state index contributed by atoms with van der Waals surface area (Å²) in [4.78, 5) is 4.35. The van der Waals surface area contributed by atoms with Crippen LogP contribution in [0.3, 0.4) is 0 Å². The molecule has 3 rings (SSSR count). The van der Waals surface area contributed by atoms with Crippen LogP contribution in [0.5, 0.6) is 0 Å². The molecule has 1 saturated carbocycles. The monoisotopic (exact) mass is 359 g/mol. The quantitative estimate of drug-likeness (QED) is 0.789. The van der Waals surface area contributed by atoms with E-state index in [9.17, 15) is 4.39 Å². The molecule has 1 heterocycles. The Morgan fingerprint density at radius 3 is 2.89 bits per heavy atom. The average molecular weight is 359 g/mol. The second-order valence-electron chi connectivity index (χ2n) is 5.17. The van der Waals surface area contributed by atoms with Gasteiger partial charge >= 0.3 is 0 Å². The first-order valence-corrected chi connectivity index (χ1v) is 7.26. The summed E-state index contributed by atoms with van der Waals surface area (Å²) < 4.78 is 16.3. The van der Waals surface area contributed by atoms with Crippen LogP contribution in [0.2, 0.25) is 0 Å². The molecule has 0 radical (unpaired) electrons. The first-order chi connectivity index (χ1) is 8.56. The molecule has 2 N–H and O–H groups in total. The summed E-state index contributed by atoms with van der Waals surface area (Å²) in [6.45, 7) is 2.25. The van der Waals surface area contributed by atoms with E-state index in [-0.39, 0.29) is 5.82 Å². The van der Waals surface area contributed by atoms with Gasteiger partial charge in [0.25, 0.3) is 0 Å². The number of anilines is 1. The van der Waals surface area contributed by atoms with Gasteiger partial charge in [-0.2, -0.15) is 0 Å². The highest BCUT2D eigenvalue weighted by Gasteiger charge is 2.26. The Bertz CT molecular complexity index is 608. The standard InChI is InChI=1S/C13H15FIN3/c1-7-2-3-8(4-7)18-12-5-9(14)10(15)6-11(12)17-13(18)16/h5-8H,2-4H2,1H3,(H2,16,17). The third-order valence-corrected chi connectivity index (χ3v) is 4.62. The number of aromatic nitrogens is 2. The van der Waals surface area contributed by atoms with Gasteiger partial charge < -0.3 is 10.3 Å². The van der Waals surface area contributed by atoms with Crippen molar-refractivity contribution in [1.29, 1.82) is 0 Å². The van der Waals surface area contributed by atoms with Gasteiger partial charge in [-0.1, -0.05) is 6.92 Å². The van der Waals surface area contributed by atoms with Crippen LogP contribution in [-0.4, -0.2) is 9.55 Å². The molecule has 1 aliphatic carbocycles. The zero-order valence-electron chi connectivity index (χ0n) is 10.2. The molecule has 1 aromatic heterocycles. The van der Waals surface area contributed by atoms with Gasteiger partial charge in [0.15, 0.2) is 0 Å². The number of fused-ring (bicyclic) bond motifs is 1. The lowest BCUT2D eigenvalue weighted by Crippen LogP contribution is -2.09. The molecule has 0 amide bonds. The van der Waals surface area contributed by atoms with Crippen molar-refractivity contribution >= 4 is 39.6 Å². The second-order valence-corrected chi connectivity index (χ2v) is 6.33. The van der Waals surface area contributed by atoms with E-state index in [1.54, 1.807) is 12.1 Å². The number of benzene rings is 1. The van der Waals surface area contributed by atoms with Crippen molar-refractivity contribution in [3.8, 4) is 0 Å². The molecule has 0 saturated heterocycles. The predicted molar refractivity (Wildman–Crippen MR) is 78.9 cm³/mol. The van der Waals surface area contributed by atoms with Crippen LogP contribution in [0.1, 0.15) is 32.2 Å². The maximum absolute atomic E-state index is 13.7. The van der Waals surface area contributed by atoms with Crippen LogP contribution in [0, 0.1) is 15.3 Å². The largest absolute Gasteiger partial charge is 0.369 e. The lowest BCUT2D eigenvalue weighted by atomic mass is 10.1.